The van der Waals surface area contributed by atoms with Crippen molar-refractivity contribution >= 4 is 0 Å². The van der Waals surface area contributed by atoms with Crippen LogP contribution in [0.4, 0.5) is 0 Å². The molecule has 1 aliphatic heterocycles. The van der Waals surface area contributed by atoms with Gasteiger partial charge < -0.3 is 19.9 Å². The number of hydrogen-bond acceptors (Lipinski definition) is 4. The monoisotopic (exact) mass is 249 g/mol. The van der Waals surface area contributed by atoms with Crippen LogP contribution in [0.3, 0.4) is 0 Å². The summed E-state index contributed by atoms with van der Waals surface area (Å²) in [5, 5.41) is 0. The molecule has 2 N–H and O–H groups in total. The van der Waals surface area contributed by atoms with Gasteiger partial charge in [0.15, 0.2) is 11.5 Å². The summed E-state index contributed by atoms with van der Waals surface area (Å²) in [6.45, 7) is 0.905. The van der Waals surface area contributed by atoms with Gasteiger partial charge in [0.2, 0.25) is 6.79 Å². The van der Waals surface area contributed by atoms with E-state index in [1.807, 2.05) is 18.2 Å². The van der Waals surface area contributed by atoms with Gasteiger partial charge in [0, 0.05) is 6.04 Å². The first-order chi connectivity index (χ1) is 8.83. The zero-order valence-corrected chi connectivity index (χ0v) is 10.4. The molecule has 1 aromatic carbocycles. The molecule has 0 saturated heterocycles. The topological polar surface area (TPSA) is 53.7 Å². The summed E-state index contributed by atoms with van der Waals surface area (Å²) in [4.78, 5) is 0. The summed E-state index contributed by atoms with van der Waals surface area (Å²) in [5.74, 6) is 1.62. The predicted molar refractivity (Wildman–Crippen MR) is 67.6 cm³/mol. The van der Waals surface area contributed by atoms with E-state index in [2.05, 4.69) is 0 Å². The van der Waals surface area contributed by atoms with Gasteiger partial charge in [-0.2, -0.15) is 0 Å². The first-order valence-electron chi connectivity index (χ1n) is 6.58. The zero-order valence-electron chi connectivity index (χ0n) is 10.4. The highest BCUT2D eigenvalue weighted by Crippen LogP contribution is 2.33. The molecule has 2 unspecified atom stereocenters. The molecule has 0 radical (unpaired) electrons. The van der Waals surface area contributed by atoms with Gasteiger partial charge in [0.1, 0.15) is 0 Å². The molecule has 4 heteroatoms. The molecule has 4 nitrogen and oxygen atoms in total. The number of hydrogen-bond donors (Lipinski definition) is 1. The molecule has 1 heterocycles. The molecule has 0 bridgehead atoms. The van der Waals surface area contributed by atoms with Crippen LogP contribution in [0.25, 0.3) is 0 Å². The number of nitrogens with two attached hydrogens (primary N) is 1. The van der Waals surface area contributed by atoms with E-state index in [-0.39, 0.29) is 12.1 Å². The minimum atomic E-state index is 0.188. The van der Waals surface area contributed by atoms with E-state index in [0.717, 1.165) is 29.9 Å². The van der Waals surface area contributed by atoms with Gasteiger partial charge in [0.05, 0.1) is 12.7 Å². The molecule has 1 aromatic rings. The Morgan fingerprint density at radius 2 is 2.00 bits per heavy atom. The Kier molecular flexibility index (Phi) is 3.39. The van der Waals surface area contributed by atoms with Crippen LogP contribution in [0.15, 0.2) is 18.2 Å². The highest BCUT2D eigenvalue weighted by atomic mass is 16.7. The first-order valence-corrected chi connectivity index (χ1v) is 6.58. The molecule has 0 aromatic heterocycles. The fourth-order valence-electron chi connectivity index (χ4n) is 2.57. The summed E-state index contributed by atoms with van der Waals surface area (Å²) in [6.07, 6.45) is 4.80. The van der Waals surface area contributed by atoms with Crippen molar-refractivity contribution in [2.75, 3.05) is 6.79 Å². The Labute approximate surface area is 107 Å². The number of fused-ring (bicyclic) bond motifs is 1. The van der Waals surface area contributed by atoms with E-state index in [9.17, 15) is 0 Å². The van der Waals surface area contributed by atoms with Gasteiger partial charge >= 0.3 is 0 Å². The van der Waals surface area contributed by atoms with Crippen LogP contribution in [0.5, 0.6) is 11.5 Å². The average molecular weight is 249 g/mol. The Morgan fingerprint density at radius 3 is 2.89 bits per heavy atom. The second-order valence-corrected chi connectivity index (χ2v) is 4.99. The van der Waals surface area contributed by atoms with Crippen LogP contribution in [-0.4, -0.2) is 18.9 Å². The van der Waals surface area contributed by atoms with E-state index in [1.54, 1.807) is 0 Å². The average Bonchev–Trinajstić information content (AvgIpc) is 2.85. The van der Waals surface area contributed by atoms with Crippen LogP contribution in [-0.2, 0) is 11.3 Å². The third kappa shape index (κ3) is 2.44. The van der Waals surface area contributed by atoms with Crippen LogP contribution < -0.4 is 15.2 Å². The highest BCUT2D eigenvalue weighted by molar-refractivity contribution is 5.44. The fourth-order valence-corrected chi connectivity index (χ4v) is 2.57. The lowest BCUT2D eigenvalue weighted by atomic mass is 9.93. The van der Waals surface area contributed by atoms with Gasteiger partial charge in [-0.25, -0.2) is 0 Å². The Morgan fingerprint density at radius 1 is 1.17 bits per heavy atom. The molecule has 3 rings (SSSR count). The largest absolute Gasteiger partial charge is 0.454 e. The van der Waals surface area contributed by atoms with E-state index in [4.69, 9.17) is 19.9 Å². The molecule has 1 saturated carbocycles. The molecule has 2 atom stereocenters. The molecule has 0 spiro atoms. The molecule has 98 valence electrons. The molecule has 1 aliphatic carbocycles. The lowest BCUT2D eigenvalue weighted by Gasteiger charge is -2.28. The molecule has 1 fully saturated rings. The van der Waals surface area contributed by atoms with Crippen molar-refractivity contribution in [1.29, 1.82) is 0 Å². The maximum Gasteiger partial charge on any atom is 0.231 e. The van der Waals surface area contributed by atoms with Gasteiger partial charge in [-0.15, -0.1) is 0 Å². The van der Waals surface area contributed by atoms with Crippen LogP contribution in [0, 0.1) is 0 Å². The quantitative estimate of drug-likeness (QED) is 0.892. The SMILES string of the molecule is NC1CCCCC1OCc1ccc2c(c1)OCO2. The van der Waals surface area contributed by atoms with Crippen molar-refractivity contribution < 1.29 is 14.2 Å². The maximum atomic E-state index is 6.06. The summed E-state index contributed by atoms with van der Waals surface area (Å²) < 4.78 is 16.6. The second-order valence-electron chi connectivity index (χ2n) is 4.99. The lowest BCUT2D eigenvalue weighted by Crippen LogP contribution is -2.39. The minimum Gasteiger partial charge on any atom is -0.454 e. The summed E-state index contributed by atoms with van der Waals surface area (Å²) in [6, 6.07) is 6.12. The number of benzene rings is 1. The Hall–Kier alpha value is -1.26. The Balaban J connectivity index is 1.59. The zero-order chi connectivity index (χ0) is 12.4. The van der Waals surface area contributed by atoms with Crippen molar-refractivity contribution in [3.05, 3.63) is 23.8 Å². The van der Waals surface area contributed by atoms with Gasteiger partial charge in [-0.05, 0) is 30.5 Å². The van der Waals surface area contributed by atoms with Crippen molar-refractivity contribution in [1.82, 2.24) is 0 Å². The molecule has 2 aliphatic rings. The van der Waals surface area contributed by atoms with E-state index >= 15 is 0 Å². The van der Waals surface area contributed by atoms with Crippen LogP contribution in [0.1, 0.15) is 31.2 Å². The van der Waals surface area contributed by atoms with Crippen molar-refractivity contribution in [2.24, 2.45) is 5.73 Å². The van der Waals surface area contributed by atoms with Crippen molar-refractivity contribution in [2.45, 2.75) is 44.4 Å². The third-order valence-corrected chi connectivity index (χ3v) is 3.65. The molecular formula is C14H19NO3. The molecular weight excluding hydrogens is 230 g/mol. The van der Waals surface area contributed by atoms with Crippen LogP contribution >= 0.6 is 0 Å². The Bertz CT molecular complexity index is 422. The summed E-state index contributed by atoms with van der Waals surface area (Å²) in [5.41, 5.74) is 7.17. The van der Waals surface area contributed by atoms with Gasteiger partial charge in [-0.1, -0.05) is 18.9 Å². The summed E-state index contributed by atoms with van der Waals surface area (Å²) >= 11 is 0. The van der Waals surface area contributed by atoms with Gasteiger partial charge in [-0.3, -0.25) is 0 Å². The van der Waals surface area contributed by atoms with E-state index < -0.39 is 0 Å². The van der Waals surface area contributed by atoms with Crippen molar-refractivity contribution in [3.63, 3.8) is 0 Å². The van der Waals surface area contributed by atoms with E-state index in [1.165, 1.54) is 12.8 Å². The van der Waals surface area contributed by atoms with Gasteiger partial charge in [0.25, 0.3) is 0 Å². The third-order valence-electron chi connectivity index (χ3n) is 3.65. The fraction of sp³-hybridized carbons (Fsp3) is 0.571. The maximum absolute atomic E-state index is 6.06. The summed E-state index contributed by atoms with van der Waals surface area (Å²) in [7, 11) is 0. The van der Waals surface area contributed by atoms with E-state index in [0.29, 0.717) is 13.4 Å². The smallest absolute Gasteiger partial charge is 0.231 e. The molecule has 0 amide bonds. The van der Waals surface area contributed by atoms with Crippen molar-refractivity contribution in [3.8, 4) is 11.5 Å². The lowest BCUT2D eigenvalue weighted by molar-refractivity contribution is 0.00399. The normalized spacial score (nSPS) is 26.3. The van der Waals surface area contributed by atoms with Crippen LogP contribution in [0.2, 0.25) is 0 Å². The number of rotatable bonds is 3. The predicted octanol–water partition coefficient (Wildman–Crippen LogP) is 2.20. The second kappa shape index (κ2) is 5.16. The molecule has 18 heavy (non-hydrogen) atoms. The highest BCUT2D eigenvalue weighted by Gasteiger charge is 2.22. The standard InChI is InChI=1S/C14H19NO3/c15-11-3-1-2-4-12(11)16-8-10-5-6-13-14(7-10)18-9-17-13/h5-7,11-12H,1-4,8-9,15H2. The number of ether oxygens (including phenoxy) is 3. The minimum absolute atomic E-state index is 0.188. The first kappa shape index (κ1) is 11.8.